The van der Waals surface area contributed by atoms with Crippen molar-refractivity contribution in [2.24, 2.45) is 4.99 Å². The topological polar surface area (TPSA) is 38.7 Å². The summed E-state index contributed by atoms with van der Waals surface area (Å²) in [6.45, 7) is 2.02. The van der Waals surface area contributed by atoms with Gasteiger partial charge >= 0.3 is 5.97 Å². The van der Waals surface area contributed by atoms with Crippen LogP contribution in [-0.2, 0) is 9.53 Å². The van der Waals surface area contributed by atoms with Gasteiger partial charge in [-0.25, -0.2) is 9.79 Å². The van der Waals surface area contributed by atoms with Gasteiger partial charge in [0.05, 0.1) is 5.56 Å². The number of carbonyl (C=O) groups is 1. The Hall–Kier alpha value is -1.72. The van der Waals surface area contributed by atoms with Crippen molar-refractivity contribution in [3.63, 3.8) is 0 Å². The molecule has 0 aliphatic carbocycles. The minimum Gasteiger partial charge on any atom is -0.402 e. The summed E-state index contributed by atoms with van der Waals surface area (Å²) >= 11 is 5.04. The van der Waals surface area contributed by atoms with Gasteiger partial charge in [0.2, 0.25) is 5.90 Å². The van der Waals surface area contributed by atoms with E-state index in [0.29, 0.717) is 11.6 Å². The molecule has 0 amide bonds. The van der Waals surface area contributed by atoms with Crippen LogP contribution in [0.3, 0.4) is 0 Å². The number of ether oxygens (including phenoxy) is 1. The second kappa shape index (κ2) is 5.34. The van der Waals surface area contributed by atoms with E-state index >= 15 is 0 Å². The maximum absolute atomic E-state index is 11.9. The second-order valence-corrected chi connectivity index (χ2v) is 6.44. The quantitative estimate of drug-likeness (QED) is 0.604. The lowest BCUT2D eigenvalue weighted by atomic mass is 10.2. The Labute approximate surface area is 128 Å². The molecule has 2 aromatic rings. The molecule has 0 fully saturated rings. The van der Waals surface area contributed by atoms with Gasteiger partial charge < -0.3 is 4.74 Å². The van der Waals surface area contributed by atoms with Gasteiger partial charge in [0.1, 0.15) is 0 Å². The van der Waals surface area contributed by atoms with Crippen molar-refractivity contribution in [1.82, 2.24) is 0 Å². The van der Waals surface area contributed by atoms with Gasteiger partial charge in [-0.3, -0.25) is 0 Å². The summed E-state index contributed by atoms with van der Waals surface area (Å²) in [6.07, 6.45) is 1.75. The first-order valence-corrected chi connectivity index (χ1v) is 7.58. The summed E-state index contributed by atoms with van der Waals surface area (Å²) in [5, 5.41) is 0. The van der Waals surface area contributed by atoms with Crippen LogP contribution in [0.4, 0.5) is 0 Å². The average Bonchev–Trinajstić information content (AvgIpc) is 2.98. The van der Waals surface area contributed by atoms with Gasteiger partial charge in [-0.05, 0) is 53.2 Å². The lowest BCUT2D eigenvalue weighted by Crippen LogP contribution is -2.05. The highest BCUT2D eigenvalue weighted by Crippen LogP contribution is 2.25. The number of hydrogen-bond acceptors (Lipinski definition) is 4. The number of hydrogen-bond donors (Lipinski definition) is 0. The zero-order valence-electron chi connectivity index (χ0n) is 10.6. The molecule has 2 heterocycles. The fourth-order valence-electron chi connectivity index (χ4n) is 1.82. The second-order valence-electron chi connectivity index (χ2n) is 4.26. The molecule has 0 saturated heterocycles. The van der Waals surface area contributed by atoms with Crippen molar-refractivity contribution in [2.75, 3.05) is 0 Å². The number of cyclic esters (lactones) is 1. The summed E-state index contributed by atoms with van der Waals surface area (Å²) < 4.78 is 6.08. The van der Waals surface area contributed by atoms with Gasteiger partial charge in [0.25, 0.3) is 0 Å². The molecule has 0 spiro atoms. The lowest BCUT2D eigenvalue weighted by molar-refractivity contribution is -0.129. The maximum atomic E-state index is 11.9. The van der Waals surface area contributed by atoms with Crippen molar-refractivity contribution >= 4 is 45.2 Å². The largest absolute Gasteiger partial charge is 0.402 e. The van der Waals surface area contributed by atoms with Crippen LogP contribution in [0.5, 0.6) is 0 Å². The van der Waals surface area contributed by atoms with E-state index in [4.69, 9.17) is 4.74 Å². The highest BCUT2D eigenvalue weighted by molar-refractivity contribution is 9.10. The van der Waals surface area contributed by atoms with Crippen molar-refractivity contribution in [3.8, 4) is 0 Å². The van der Waals surface area contributed by atoms with E-state index in [-0.39, 0.29) is 0 Å². The van der Waals surface area contributed by atoms with Crippen LogP contribution in [0.2, 0.25) is 0 Å². The van der Waals surface area contributed by atoms with Crippen molar-refractivity contribution in [1.29, 1.82) is 0 Å². The number of aryl methyl sites for hydroxylation is 1. The fourth-order valence-corrected chi connectivity index (χ4v) is 3.09. The first-order valence-electron chi connectivity index (χ1n) is 5.97. The molecular formula is C15H10BrNO2S. The summed E-state index contributed by atoms with van der Waals surface area (Å²) in [5.74, 6) is -0.0798. The Morgan fingerprint density at radius 2 is 2.05 bits per heavy atom. The Morgan fingerprint density at radius 1 is 1.25 bits per heavy atom. The number of halogens is 1. The molecule has 0 radical (unpaired) electrons. The minimum atomic E-state index is -0.415. The van der Waals surface area contributed by atoms with Crippen molar-refractivity contribution in [2.45, 2.75) is 6.92 Å². The van der Waals surface area contributed by atoms with Gasteiger partial charge in [-0.2, -0.15) is 0 Å². The molecule has 0 atom stereocenters. The van der Waals surface area contributed by atoms with Crippen LogP contribution in [0.25, 0.3) is 6.08 Å². The molecule has 3 rings (SSSR count). The summed E-state index contributed by atoms with van der Waals surface area (Å²) in [7, 11) is 0. The monoisotopic (exact) mass is 347 g/mol. The molecule has 1 aromatic heterocycles. The van der Waals surface area contributed by atoms with E-state index < -0.39 is 5.97 Å². The predicted molar refractivity (Wildman–Crippen MR) is 83.8 cm³/mol. The van der Waals surface area contributed by atoms with E-state index in [1.165, 1.54) is 4.88 Å². The summed E-state index contributed by atoms with van der Waals surface area (Å²) in [5.41, 5.74) is 1.10. The number of thiophene rings is 1. The number of nitrogens with zero attached hydrogens (tertiary/aromatic N) is 1. The van der Waals surface area contributed by atoms with Crippen LogP contribution in [-0.4, -0.2) is 11.9 Å². The van der Waals surface area contributed by atoms with Crippen LogP contribution >= 0.6 is 27.3 Å². The van der Waals surface area contributed by atoms with Gasteiger partial charge in [-0.15, -0.1) is 11.3 Å². The zero-order valence-corrected chi connectivity index (χ0v) is 13.0. The standard InChI is InChI=1S/C15H10BrNO2S/c1-9-6-7-10(20-9)8-13-15(18)19-14(17-13)11-4-2-3-5-12(11)16/h2-8H,1H3. The van der Waals surface area contributed by atoms with Crippen molar-refractivity contribution < 1.29 is 9.53 Å². The normalized spacial score (nSPS) is 16.4. The van der Waals surface area contributed by atoms with Crippen LogP contribution in [0.1, 0.15) is 15.3 Å². The number of aliphatic imine (C=N–C) groups is 1. The van der Waals surface area contributed by atoms with Crippen LogP contribution < -0.4 is 0 Å². The predicted octanol–water partition coefficient (Wildman–Crippen LogP) is 4.16. The maximum Gasteiger partial charge on any atom is 0.363 e. The molecule has 0 N–H and O–H groups in total. The first-order chi connectivity index (χ1) is 9.63. The molecule has 1 aliphatic heterocycles. The highest BCUT2D eigenvalue weighted by Gasteiger charge is 2.25. The SMILES string of the molecule is Cc1ccc(C=C2N=C(c3ccccc3Br)OC2=O)s1. The third kappa shape index (κ3) is 2.59. The Kier molecular flexibility index (Phi) is 3.54. The lowest BCUT2D eigenvalue weighted by Gasteiger charge is -2.01. The van der Waals surface area contributed by atoms with E-state index in [0.717, 1.165) is 14.9 Å². The molecule has 1 aromatic carbocycles. The first kappa shape index (κ1) is 13.3. The molecule has 5 heteroatoms. The van der Waals surface area contributed by atoms with E-state index in [9.17, 15) is 4.79 Å². The fraction of sp³-hybridized carbons (Fsp3) is 0.0667. The van der Waals surface area contributed by atoms with Crippen molar-refractivity contribution in [3.05, 3.63) is 61.9 Å². The molecule has 3 nitrogen and oxygen atoms in total. The number of esters is 1. The van der Waals surface area contributed by atoms with Gasteiger partial charge in [0, 0.05) is 14.2 Å². The highest BCUT2D eigenvalue weighted by atomic mass is 79.9. The van der Waals surface area contributed by atoms with E-state index in [2.05, 4.69) is 20.9 Å². The molecule has 20 heavy (non-hydrogen) atoms. The molecular weight excluding hydrogens is 338 g/mol. The average molecular weight is 348 g/mol. The molecule has 0 bridgehead atoms. The smallest absolute Gasteiger partial charge is 0.363 e. The van der Waals surface area contributed by atoms with Crippen LogP contribution in [0.15, 0.2) is 51.6 Å². The summed E-state index contributed by atoms with van der Waals surface area (Å²) in [6, 6.07) is 11.5. The molecule has 0 saturated carbocycles. The molecule has 100 valence electrons. The molecule has 1 aliphatic rings. The van der Waals surface area contributed by atoms with Crippen LogP contribution in [0, 0.1) is 6.92 Å². The number of rotatable bonds is 2. The number of carbonyl (C=O) groups excluding carboxylic acids is 1. The van der Waals surface area contributed by atoms with E-state index in [1.54, 1.807) is 17.4 Å². The summed E-state index contributed by atoms with van der Waals surface area (Å²) in [4.78, 5) is 18.3. The third-order valence-corrected chi connectivity index (χ3v) is 4.40. The van der Waals surface area contributed by atoms with E-state index in [1.807, 2.05) is 43.3 Å². The zero-order chi connectivity index (χ0) is 14.1. The van der Waals surface area contributed by atoms with Gasteiger partial charge in [-0.1, -0.05) is 12.1 Å². The Morgan fingerprint density at radius 3 is 2.75 bits per heavy atom. The Balaban J connectivity index is 1.97. The number of benzene rings is 1. The third-order valence-electron chi connectivity index (χ3n) is 2.76. The molecule has 0 unspecified atom stereocenters. The minimum absolute atomic E-state index is 0.331. The van der Waals surface area contributed by atoms with Gasteiger partial charge in [0.15, 0.2) is 5.70 Å². The Bertz CT molecular complexity index is 746.